The van der Waals surface area contributed by atoms with Crippen LogP contribution in [0.3, 0.4) is 0 Å². The van der Waals surface area contributed by atoms with Crippen molar-refractivity contribution in [2.75, 3.05) is 11.5 Å². The minimum Gasteiger partial charge on any atom is -0.390 e. The quantitative estimate of drug-likeness (QED) is 0.595. The Hall–Kier alpha value is -0.660. The van der Waals surface area contributed by atoms with Gasteiger partial charge in [0.2, 0.25) is 5.91 Å². The summed E-state index contributed by atoms with van der Waals surface area (Å²) in [7, 11) is -3.18. The van der Waals surface area contributed by atoms with Crippen LogP contribution in [0.1, 0.15) is 32.1 Å². The molecule has 2 atom stereocenters. The van der Waals surface area contributed by atoms with E-state index in [0.29, 0.717) is 0 Å². The Balaban J connectivity index is 1.79. The lowest BCUT2D eigenvalue weighted by atomic mass is 9.89. The van der Waals surface area contributed by atoms with Gasteiger partial charge in [0, 0.05) is 5.92 Å². The van der Waals surface area contributed by atoms with Crippen molar-refractivity contribution in [1.82, 2.24) is 10.9 Å². The molecule has 7 heteroatoms. The number of hydrogen-bond acceptors (Lipinski definition) is 5. The number of nitrogens with one attached hydrogen (secondary N) is 2. The number of rotatable bonds is 3. The van der Waals surface area contributed by atoms with Gasteiger partial charge in [0.05, 0.1) is 23.7 Å². The molecule has 104 valence electrons. The van der Waals surface area contributed by atoms with Crippen molar-refractivity contribution in [2.45, 2.75) is 44.2 Å². The number of sulfone groups is 1. The van der Waals surface area contributed by atoms with Crippen LogP contribution in [0, 0.1) is 5.92 Å². The molecule has 0 spiro atoms. The molecule has 6 nitrogen and oxygen atoms in total. The van der Waals surface area contributed by atoms with Crippen LogP contribution in [0.15, 0.2) is 0 Å². The van der Waals surface area contributed by atoms with E-state index in [-0.39, 0.29) is 23.3 Å². The van der Waals surface area contributed by atoms with Gasteiger partial charge < -0.3 is 5.11 Å². The maximum Gasteiger partial charge on any atom is 0.237 e. The van der Waals surface area contributed by atoms with Crippen LogP contribution in [0.5, 0.6) is 0 Å². The molecule has 2 fully saturated rings. The molecular weight excluding hydrogens is 256 g/mol. The van der Waals surface area contributed by atoms with E-state index < -0.39 is 22.0 Å². The van der Waals surface area contributed by atoms with E-state index >= 15 is 0 Å². The molecule has 3 N–H and O–H groups in total. The van der Waals surface area contributed by atoms with Gasteiger partial charge in [-0.1, -0.05) is 19.3 Å². The Morgan fingerprint density at radius 1 is 1.11 bits per heavy atom. The summed E-state index contributed by atoms with van der Waals surface area (Å²) in [5.41, 5.74) is 5.20. The summed E-state index contributed by atoms with van der Waals surface area (Å²) in [6.07, 6.45) is 4.15. The highest BCUT2D eigenvalue weighted by Crippen LogP contribution is 2.23. The minimum atomic E-state index is -3.18. The van der Waals surface area contributed by atoms with Crippen LogP contribution < -0.4 is 10.9 Å². The standard InChI is InChI=1S/C11H20N2O4S/c14-10-7-18(16,17)6-9(10)12-13-11(15)8-4-2-1-3-5-8/h8-10,12,14H,1-7H2,(H,13,15). The number of aliphatic hydroxyl groups is 1. The van der Waals surface area contributed by atoms with E-state index in [1.807, 2.05) is 0 Å². The average molecular weight is 276 g/mol. The Morgan fingerprint density at radius 3 is 2.33 bits per heavy atom. The van der Waals surface area contributed by atoms with Crippen molar-refractivity contribution in [3.63, 3.8) is 0 Å². The van der Waals surface area contributed by atoms with Crippen LogP contribution >= 0.6 is 0 Å². The Labute approximate surface area is 107 Å². The molecule has 1 amide bonds. The van der Waals surface area contributed by atoms with Crippen molar-refractivity contribution in [3.8, 4) is 0 Å². The third-order valence-electron chi connectivity index (χ3n) is 3.68. The number of hydrogen-bond donors (Lipinski definition) is 3. The summed E-state index contributed by atoms with van der Waals surface area (Å²) < 4.78 is 22.6. The second-order valence-electron chi connectivity index (χ2n) is 5.22. The molecule has 2 unspecified atom stereocenters. The monoisotopic (exact) mass is 276 g/mol. The van der Waals surface area contributed by atoms with Crippen LogP contribution in [0.4, 0.5) is 0 Å². The average Bonchev–Trinajstić information content (AvgIpc) is 2.60. The summed E-state index contributed by atoms with van der Waals surface area (Å²) in [4.78, 5) is 11.8. The molecule has 0 aromatic carbocycles. The number of hydrazine groups is 1. The lowest BCUT2D eigenvalue weighted by Crippen LogP contribution is -2.51. The molecule has 2 aliphatic rings. The topological polar surface area (TPSA) is 95.5 Å². The van der Waals surface area contributed by atoms with Gasteiger partial charge in [0.15, 0.2) is 9.84 Å². The normalized spacial score (nSPS) is 32.3. The lowest BCUT2D eigenvalue weighted by molar-refractivity contribution is -0.127. The van der Waals surface area contributed by atoms with E-state index in [4.69, 9.17) is 0 Å². The number of carbonyl (C=O) groups is 1. The predicted molar refractivity (Wildman–Crippen MR) is 66.3 cm³/mol. The Morgan fingerprint density at radius 2 is 1.78 bits per heavy atom. The van der Waals surface area contributed by atoms with Crippen LogP contribution in [0.2, 0.25) is 0 Å². The highest BCUT2D eigenvalue weighted by atomic mass is 32.2. The molecule has 0 aromatic heterocycles. The van der Waals surface area contributed by atoms with Crippen LogP contribution in [-0.4, -0.2) is 43.1 Å². The summed E-state index contributed by atoms with van der Waals surface area (Å²) in [6, 6.07) is -0.595. The summed E-state index contributed by atoms with van der Waals surface area (Å²) in [5.74, 6) is -0.434. The second-order valence-corrected chi connectivity index (χ2v) is 7.37. The van der Waals surface area contributed by atoms with E-state index in [9.17, 15) is 18.3 Å². The van der Waals surface area contributed by atoms with Crippen molar-refractivity contribution >= 4 is 15.7 Å². The first kappa shape index (κ1) is 13.8. The summed E-state index contributed by atoms with van der Waals surface area (Å²) >= 11 is 0. The van der Waals surface area contributed by atoms with Crippen LogP contribution in [0.25, 0.3) is 0 Å². The Bertz CT molecular complexity index is 403. The molecule has 0 radical (unpaired) electrons. The molecule has 1 saturated heterocycles. The number of amides is 1. The van der Waals surface area contributed by atoms with E-state index in [1.165, 1.54) is 6.42 Å². The van der Waals surface area contributed by atoms with Crippen molar-refractivity contribution in [3.05, 3.63) is 0 Å². The van der Waals surface area contributed by atoms with Crippen LogP contribution in [-0.2, 0) is 14.6 Å². The zero-order valence-electron chi connectivity index (χ0n) is 10.3. The number of carbonyl (C=O) groups excluding carboxylic acids is 1. The van der Waals surface area contributed by atoms with Gasteiger partial charge in [-0.3, -0.25) is 10.2 Å². The van der Waals surface area contributed by atoms with Crippen molar-refractivity contribution in [2.24, 2.45) is 5.92 Å². The van der Waals surface area contributed by atoms with E-state index in [2.05, 4.69) is 10.9 Å². The maximum absolute atomic E-state index is 11.8. The van der Waals surface area contributed by atoms with Gasteiger partial charge in [-0.05, 0) is 12.8 Å². The fraction of sp³-hybridized carbons (Fsp3) is 0.909. The lowest BCUT2D eigenvalue weighted by Gasteiger charge is -2.22. The zero-order chi connectivity index (χ0) is 13.2. The first-order valence-corrected chi connectivity index (χ1v) is 8.24. The molecule has 1 heterocycles. The maximum atomic E-state index is 11.8. The van der Waals surface area contributed by atoms with Crippen molar-refractivity contribution in [1.29, 1.82) is 0 Å². The fourth-order valence-electron chi connectivity index (χ4n) is 2.60. The number of aliphatic hydroxyl groups excluding tert-OH is 1. The van der Waals surface area contributed by atoms with Gasteiger partial charge >= 0.3 is 0 Å². The Kier molecular flexibility index (Phi) is 4.24. The molecule has 0 aromatic rings. The van der Waals surface area contributed by atoms with Gasteiger partial charge in [-0.2, -0.15) is 0 Å². The smallest absolute Gasteiger partial charge is 0.237 e. The molecule has 2 rings (SSSR count). The molecule has 1 aliphatic carbocycles. The zero-order valence-corrected chi connectivity index (χ0v) is 11.1. The minimum absolute atomic E-state index is 0.0152. The largest absolute Gasteiger partial charge is 0.390 e. The van der Waals surface area contributed by atoms with Crippen molar-refractivity contribution < 1.29 is 18.3 Å². The molecule has 0 bridgehead atoms. The highest BCUT2D eigenvalue weighted by molar-refractivity contribution is 7.91. The van der Waals surface area contributed by atoms with Gasteiger partial charge in [-0.15, -0.1) is 0 Å². The predicted octanol–water partition coefficient (Wildman–Crippen LogP) is -0.655. The SMILES string of the molecule is O=C(NNC1CS(=O)(=O)CC1O)C1CCCCC1. The van der Waals surface area contributed by atoms with Gasteiger partial charge in [-0.25, -0.2) is 13.8 Å². The van der Waals surface area contributed by atoms with Gasteiger partial charge in [0.1, 0.15) is 0 Å². The summed E-state index contributed by atoms with van der Waals surface area (Å²) in [6.45, 7) is 0. The van der Waals surface area contributed by atoms with E-state index in [1.54, 1.807) is 0 Å². The third kappa shape index (κ3) is 3.43. The fourth-order valence-corrected chi connectivity index (χ4v) is 4.34. The molecule has 1 saturated carbocycles. The highest BCUT2D eigenvalue weighted by Gasteiger charge is 2.36. The van der Waals surface area contributed by atoms with E-state index in [0.717, 1.165) is 25.7 Å². The molecule has 1 aliphatic heterocycles. The second kappa shape index (κ2) is 5.54. The third-order valence-corrected chi connectivity index (χ3v) is 5.40. The molecule has 18 heavy (non-hydrogen) atoms. The summed E-state index contributed by atoms with van der Waals surface area (Å²) in [5, 5.41) is 9.55. The first-order valence-electron chi connectivity index (χ1n) is 6.42. The first-order chi connectivity index (χ1) is 8.48. The van der Waals surface area contributed by atoms with Gasteiger partial charge in [0.25, 0.3) is 0 Å². The molecular formula is C11H20N2O4S.